The average molecular weight is 433 g/mol. The molecule has 29 heavy (non-hydrogen) atoms. The van der Waals surface area contributed by atoms with Crippen LogP contribution in [0.5, 0.6) is 0 Å². The SMILES string of the molecule is CC(C)(C)OC(=O)N[C@@](C)(CCn1c(=S)[nH]c2cc(C(F)(F)F)ccc21)C(=O)O. The average Bonchev–Trinajstić information content (AvgIpc) is 2.84. The third-order valence-electron chi connectivity index (χ3n) is 4.19. The molecule has 160 valence electrons. The van der Waals surface area contributed by atoms with Crippen LogP contribution in [-0.4, -0.2) is 37.9 Å². The molecular weight excluding hydrogens is 411 g/mol. The van der Waals surface area contributed by atoms with Crippen LogP contribution in [-0.2, 0) is 22.3 Å². The van der Waals surface area contributed by atoms with Gasteiger partial charge < -0.3 is 24.7 Å². The number of aromatic amines is 1. The molecular formula is C18H22F3N3O4S. The van der Waals surface area contributed by atoms with Gasteiger partial charge in [0, 0.05) is 6.54 Å². The first-order valence-corrected chi connectivity index (χ1v) is 9.07. The number of carbonyl (C=O) groups excluding carboxylic acids is 1. The van der Waals surface area contributed by atoms with Crippen molar-refractivity contribution in [3.63, 3.8) is 0 Å². The second-order valence-electron chi connectivity index (χ2n) is 7.83. The molecule has 0 aliphatic rings. The summed E-state index contributed by atoms with van der Waals surface area (Å²) in [6.45, 7) is 6.30. The number of halogens is 3. The standard InChI is InChI=1S/C18H22F3N3O4S/c1-16(2,3)28-15(27)23-17(4,13(25)26)7-8-24-12-6-5-10(18(19,20)21)9-11(12)22-14(24)29/h5-6,9H,7-8H2,1-4H3,(H,22,29)(H,23,27)(H,25,26)/t17-/m0/s1. The third-order valence-corrected chi connectivity index (χ3v) is 4.51. The second kappa shape index (κ2) is 7.69. The Hall–Kier alpha value is -2.56. The molecule has 1 aromatic heterocycles. The molecule has 0 saturated carbocycles. The minimum atomic E-state index is -4.50. The first kappa shape index (κ1) is 22.7. The summed E-state index contributed by atoms with van der Waals surface area (Å²) >= 11 is 5.17. The molecule has 7 nitrogen and oxygen atoms in total. The largest absolute Gasteiger partial charge is 0.480 e. The van der Waals surface area contributed by atoms with Gasteiger partial charge in [-0.05, 0) is 64.5 Å². The molecule has 1 aromatic carbocycles. The zero-order valence-electron chi connectivity index (χ0n) is 16.3. The Morgan fingerprint density at radius 1 is 1.24 bits per heavy atom. The lowest BCUT2D eigenvalue weighted by atomic mass is 9.98. The summed E-state index contributed by atoms with van der Waals surface area (Å²) in [5.74, 6) is -1.28. The van der Waals surface area contributed by atoms with E-state index in [0.717, 1.165) is 12.1 Å². The van der Waals surface area contributed by atoms with E-state index in [9.17, 15) is 27.9 Å². The van der Waals surface area contributed by atoms with Gasteiger partial charge in [0.25, 0.3) is 0 Å². The van der Waals surface area contributed by atoms with E-state index in [-0.39, 0.29) is 23.3 Å². The maximum atomic E-state index is 12.9. The number of carboxylic acid groups (broad SMARTS) is 1. The molecule has 0 bridgehead atoms. The van der Waals surface area contributed by atoms with Crippen LogP contribution in [0.4, 0.5) is 18.0 Å². The summed E-state index contributed by atoms with van der Waals surface area (Å²) < 4.78 is 45.4. The van der Waals surface area contributed by atoms with Crippen molar-refractivity contribution in [3.8, 4) is 0 Å². The Kier molecular flexibility index (Phi) is 6.03. The number of nitrogens with zero attached hydrogens (tertiary/aromatic N) is 1. The fourth-order valence-corrected chi connectivity index (χ4v) is 2.95. The Morgan fingerprint density at radius 3 is 2.38 bits per heavy atom. The van der Waals surface area contributed by atoms with Crippen LogP contribution in [0.1, 0.15) is 39.7 Å². The van der Waals surface area contributed by atoms with Crippen LogP contribution in [0.25, 0.3) is 11.0 Å². The van der Waals surface area contributed by atoms with Gasteiger partial charge in [0.1, 0.15) is 11.1 Å². The Balaban J connectivity index is 2.26. The van der Waals surface area contributed by atoms with Crippen LogP contribution in [0.15, 0.2) is 18.2 Å². The predicted molar refractivity (Wildman–Crippen MR) is 102 cm³/mol. The van der Waals surface area contributed by atoms with Crippen molar-refractivity contribution < 1.29 is 32.6 Å². The van der Waals surface area contributed by atoms with E-state index in [1.54, 1.807) is 20.8 Å². The van der Waals surface area contributed by atoms with Crippen molar-refractivity contribution in [2.24, 2.45) is 0 Å². The molecule has 11 heteroatoms. The van der Waals surface area contributed by atoms with Gasteiger partial charge in [-0.25, -0.2) is 9.59 Å². The normalized spacial score (nSPS) is 14.4. The number of alkyl halides is 3. The highest BCUT2D eigenvalue weighted by Crippen LogP contribution is 2.31. The first-order valence-electron chi connectivity index (χ1n) is 8.67. The van der Waals surface area contributed by atoms with Gasteiger partial charge in [-0.1, -0.05) is 0 Å². The summed E-state index contributed by atoms with van der Waals surface area (Å²) in [5.41, 5.74) is -2.73. The van der Waals surface area contributed by atoms with E-state index < -0.39 is 34.9 Å². The summed E-state index contributed by atoms with van der Waals surface area (Å²) in [4.78, 5) is 26.5. The van der Waals surface area contributed by atoms with Gasteiger partial charge in [0.05, 0.1) is 16.6 Å². The van der Waals surface area contributed by atoms with E-state index in [4.69, 9.17) is 17.0 Å². The minimum Gasteiger partial charge on any atom is -0.480 e. The number of hydrogen-bond acceptors (Lipinski definition) is 4. The van der Waals surface area contributed by atoms with E-state index >= 15 is 0 Å². The zero-order chi connectivity index (χ0) is 22.2. The van der Waals surface area contributed by atoms with Gasteiger partial charge >= 0.3 is 18.2 Å². The summed E-state index contributed by atoms with van der Waals surface area (Å²) in [6, 6.07) is 3.14. The van der Waals surface area contributed by atoms with E-state index in [1.807, 2.05) is 0 Å². The van der Waals surface area contributed by atoms with E-state index in [2.05, 4.69) is 10.3 Å². The number of aliphatic carboxylic acids is 1. The number of fused-ring (bicyclic) bond motifs is 1. The number of hydrogen-bond donors (Lipinski definition) is 3. The highest BCUT2D eigenvalue weighted by Gasteiger charge is 2.36. The van der Waals surface area contributed by atoms with Crippen molar-refractivity contribution in [2.45, 2.75) is 58.0 Å². The molecule has 0 aliphatic heterocycles. The maximum absolute atomic E-state index is 12.9. The molecule has 0 unspecified atom stereocenters. The van der Waals surface area contributed by atoms with Crippen LogP contribution in [0.3, 0.4) is 0 Å². The van der Waals surface area contributed by atoms with Gasteiger partial charge in [0.2, 0.25) is 0 Å². The van der Waals surface area contributed by atoms with Crippen molar-refractivity contribution in [1.29, 1.82) is 0 Å². The maximum Gasteiger partial charge on any atom is 0.416 e. The molecule has 3 N–H and O–H groups in total. The molecule has 1 heterocycles. The van der Waals surface area contributed by atoms with E-state index in [1.165, 1.54) is 17.6 Å². The van der Waals surface area contributed by atoms with E-state index in [0.29, 0.717) is 5.52 Å². The van der Waals surface area contributed by atoms with Crippen LogP contribution < -0.4 is 5.32 Å². The van der Waals surface area contributed by atoms with Crippen LogP contribution >= 0.6 is 12.2 Å². The number of imidazole rings is 1. The number of aromatic nitrogens is 2. The van der Waals surface area contributed by atoms with Crippen molar-refractivity contribution >= 4 is 35.3 Å². The Morgan fingerprint density at radius 2 is 1.86 bits per heavy atom. The molecule has 2 aromatic rings. The van der Waals surface area contributed by atoms with Crippen LogP contribution in [0, 0.1) is 4.77 Å². The number of aryl methyl sites for hydroxylation is 1. The molecule has 1 amide bonds. The number of nitrogens with one attached hydrogen (secondary N) is 2. The quantitative estimate of drug-likeness (QED) is 0.605. The molecule has 2 rings (SSSR count). The molecule has 0 saturated heterocycles. The highest BCUT2D eigenvalue weighted by atomic mass is 32.1. The zero-order valence-corrected chi connectivity index (χ0v) is 17.1. The van der Waals surface area contributed by atoms with Crippen molar-refractivity contribution in [3.05, 3.63) is 28.5 Å². The number of H-pyrrole nitrogens is 1. The van der Waals surface area contributed by atoms with Gasteiger partial charge in [-0.3, -0.25) is 0 Å². The lowest BCUT2D eigenvalue weighted by Crippen LogP contribution is -2.53. The number of rotatable bonds is 5. The minimum absolute atomic E-state index is 0.0444. The molecule has 0 radical (unpaired) electrons. The summed E-state index contributed by atoms with van der Waals surface area (Å²) in [7, 11) is 0. The van der Waals surface area contributed by atoms with Crippen molar-refractivity contribution in [2.75, 3.05) is 0 Å². The number of carbonyl (C=O) groups is 2. The smallest absolute Gasteiger partial charge is 0.416 e. The summed E-state index contributed by atoms with van der Waals surface area (Å²) in [5, 5.41) is 11.9. The third kappa shape index (κ3) is 5.49. The first-order chi connectivity index (χ1) is 13.1. The number of benzene rings is 1. The number of carboxylic acids is 1. The lowest BCUT2D eigenvalue weighted by molar-refractivity contribution is -0.144. The summed E-state index contributed by atoms with van der Waals surface area (Å²) in [6.07, 6.45) is -5.46. The molecule has 0 fully saturated rings. The highest BCUT2D eigenvalue weighted by molar-refractivity contribution is 7.71. The topological polar surface area (TPSA) is 96.4 Å². The van der Waals surface area contributed by atoms with Gasteiger partial charge in [-0.15, -0.1) is 0 Å². The fourth-order valence-electron chi connectivity index (χ4n) is 2.65. The molecule has 0 aliphatic carbocycles. The van der Waals surface area contributed by atoms with Gasteiger partial charge in [0.15, 0.2) is 4.77 Å². The lowest BCUT2D eigenvalue weighted by Gasteiger charge is -2.28. The number of ether oxygens (including phenoxy) is 1. The predicted octanol–water partition coefficient (Wildman–Crippen LogP) is 4.48. The number of alkyl carbamates (subject to hydrolysis) is 1. The Bertz CT molecular complexity index is 991. The molecule has 1 atom stereocenters. The fraction of sp³-hybridized carbons (Fsp3) is 0.500. The second-order valence-corrected chi connectivity index (χ2v) is 8.21. The number of amides is 1. The van der Waals surface area contributed by atoms with Gasteiger partial charge in [-0.2, -0.15) is 13.2 Å². The molecule has 0 spiro atoms. The van der Waals surface area contributed by atoms with Crippen molar-refractivity contribution in [1.82, 2.24) is 14.9 Å². The van der Waals surface area contributed by atoms with Crippen LogP contribution in [0.2, 0.25) is 0 Å². The monoisotopic (exact) mass is 433 g/mol. The Labute approximate surface area is 169 Å².